The summed E-state index contributed by atoms with van der Waals surface area (Å²) in [5, 5.41) is 16.5. The van der Waals surface area contributed by atoms with Crippen molar-refractivity contribution in [1.29, 1.82) is 0 Å². The average molecular weight is 537 g/mol. The summed E-state index contributed by atoms with van der Waals surface area (Å²) in [6, 6.07) is 25.3. The van der Waals surface area contributed by atoms with Crippen LogP contribution in [0.15, 0.2) is 91.1 Å². The van der Waals surface area contributed by atoms with E-state index in [1.165, 1.54) is 4.90 Å². The number of pyridine rings is 1. The summed E-state index contributed by atoms with van der Waals surface area (Å²) in [6.07, 6.45) is 1.88. The topological polar surface area (TPSA) is 121 Å². The molecule has 2 fully saturated rings. The lowest BCUT2D eigenvalue weighted by Gasteiger charge is -2.21. The maximum absolute atomic E-state index is 13.0. The van der Waals surface area contributed by atoms with Crippen molar-refractivity contribution in [3.05, 3.63) is 96.7 Å². The molecule has 2 heterocycles. The summed E-state index contributed by atoms with van der Waals surface area (Å²) in [7, 11) is 0. The van der Waals surface area contributed by atoms with E-state index in [0.29, 0.717) is 36.4 Å². The number of carbonyl (C=O) groups excluding carboxylic acids is 2. The van der Waals surface area contributed by atoms with E-state index in [-0.39, 0.29) is 30.5 Å². The van der Waals surface area contributed by atoms with Gasteiger partial charge in [0.05, 0.1) is 18.1 Å². The molecule has 9 nitrogen and oxygen atoms in total. The van der Waals surface area contributed by atoms with Crippen LogP contribution in [0, 0.1) is 5.41 Å². The molecule has 202 valence electrons. The average Bonchev–Trinajstić information content (AvgIpc) is 3.68. The van der Waals surface area contributed by atoms with Crippen LogP contribution in [-0.2, 0) is 9.59 Å². The zero-order chi connectivity index (χ0) is 27.7. The number of likely N-dealkylation sites (tertiary alicyclic amines) is 1. The van der Waals surface area contributed by atoms with Gasteiger partial charge in [0.2, 0.25) is 11.8 Å². The Morgan fingerprint density at radius 2 is 1.57 bits per heavy atom. The molecule has 1 saturated carbocycles. The quantitative estimate of drug-likeness (QED) is 0.270. The minimum atomic E-state index is -1.07. The molecule has 2 atom stereocenters. The lowest BCUT2D eigenvalue weighted by atomic mass is 10.0. The maximum Gasteiger partial charge on any atom is 0.407 e. The van der Waals surface area contributed by atoms with Crippen molar-refractivity contribution >= 4 is 40.2 Å². The van der Waals surface area contributed by atoms with Crippen molar-refractivity contribution in [3.63, 3.8) is 0 Å². The zero-order valence-electron chi connectivity index (χ0n) is 21.6. The molecule has 6 rings (SSSR count). The molecule has 3 amide bonds. The number of para-hydroxylation sites is 1. The van der Waals surface area contributed by atoms with Gasteiger partial charge in [0.1, 0.15) is 17.3 Å². The summed E-state index contributed by atoms with van der Waals surface area (Å²) in [6.45, 7) is 0.234. The molecule has 1 aromatic heterocycles. The summed E-state index contributed by atoms with van der Waals surface area (Å²) in [4.78, 5) is 43.6. The number of hydrogen-bond acceptors (Lipinski definition) is 5. The maximum atomic E-state index is 13.0. The normalized spacial score (nSPS) is 19.1. The fraction of sp³-hybridized carbons (Fsp3) is 0.226. The largest absolute Gasteiger partial charge is 0.488 e. The Balaban J connectivity index is 1.09. The van der Waals surface area contributed by atoms with Crippen molar-refractivity contribution in [1.82, 2.24) is 9.88 Å². The molecular formula is C31H28N4O5. The van der Waals surface area contributed by atoms with Crippen LogP contribution in [0.4, 0.5) is 16.2 Å². The molecule has 0 spiro atoms. The molecule has 1 aliphatic heterocycles. The Labute approximate surface area is 230 Å². The fourth-order valence-corrected chi connectivity index (χ4v) is 5.22. The number of carboxylic acid groups (broad SMARTS) is 1. The van der Waals surface area contributed by atoms with E-state index in [1.54, 1.807) is 42.6 Å². The monoisotopic (exact) mass is 536 g/mol. The van der Waals surface area contributed by atoms with E-state index >= 15 is 0 Å². The molecular weight excluding hydrogens is 508 g/mol. The Morgan fingerprint density at radius 1 is 0.875 bits per heavy atom. The molecule has 4 aromatic rings. The van der Waals surface area contributed by atoms with Crippen molar-refractivity contribution < 1.29 is 24.2 Å². The smallest absolute Gasteiger partial charge is 0.407 e. The lowest BCUT2D eigenvalue weighted by Crippen LogP contribution is -2.35. The summed E-state index contributed by atoms with van der Waals surface area (Å²) < 4.78 is 6.14. The number of benzene rings is 3. The van der Waals surface area contributed by atoms with Gasteiger partial charge in [0.25, 0.3) is 0 Å². The first-order valence-electron chi connectivity index (χ1n) is 13.2. The molecule has 1 aliphatic carbocycles. The number of nitrogens with one attached hydrogen (secondary N) is 2. The van der Waals surface area contributed by atoms with Gasteiger partial charge < -0.3 is 20.5 Å². The first-order chi connectivity index (χ1) is 19.4. The predicted octanol–water partition coefficient (Wildman–Crippen LogP) is 5.46. The lowest BCUT2D eigenvalue weighted by molar-refractivity contribution is -0.131. The highest BCUT2D eigenvalue weighted by Gasteiger charge is 2.56. The number of carbonyl (C=O) groups is 3. The standard InChI is InChI=1S/C31H28N4O5/c36-28(33-22-6-2-1-3-7-22)31(14-15-31)29(37)34-23-10-12-24(13-11-23)40-25-18-27(35(19-25)30(38)39)21-9-8-20-5-4-16-32-26(20)17-21/h1-13,16-17,25,27H,14-15,18-19H2,(H,33,36)(H,34,37)(H,38,39). The van der Waals surface area contributed by atoms with E-state index in [1.807, 2.05) is 48.5 Å². The number of fused-ring (bicyclic) bond motifs is 1. The molecule has 3 aromatic carbocycles. The van der Waals surface area contributed by atoms with Crippen LogP contribution in [-0.4, -0.2) is 45.5 Å². The van der Waals surface area contributed by atoms with Crippen LogP contribution in [0.2, 0.25) is 0 Å². The highest BCUT2D eigenvalue weighted by Crippen LogP contribution is 2.47. The number of anilines is 2. The first-order valence-corrected chi connectivity index (χ1v) is 13.2. The number of ether oxygens (including phenoxy) is 1. The second kappa shape index (κ2) is 10.3. The number of aromatic nitrogens is 1. The Morgan fingerprint density at radius 3 is 2.25 bits per heavy atom. The van der Waals surface area contributed by atoms with Crippen molar-refractivity contribution in [2.45, 2.75) is 31.4 Å². The molecule has 40 heavy (non-hydrogen) atoms. The van der Waals surface area contributed by atoms with Crippen LogP contribution in [0.1, 0.15) is 30.9 Å². The van der Waals surface area contributed by atoms with Crippen molar-refractivity contribution in [3.8, 4) is 5.75 Å². The van der Waals surface area contributed by atoms with Gasteiger partial charge in [-0.1, -0.05) is 36.4 Å². The third kappa shape index (κ3) is 5.05. The van der Waals surface area contributed by atoms with E-state index in [4.69, 9.17) is 4.74 Å². The summed E-state index contributed by atoms with van der Waals surface area (Å²) >= 11 is 0. The van der Waals surface area contributed by atoms with Gasteiger partial charge in [0, 0.05) is 29.4 Å². The molecule has 2 unspecified atom stereocenters. The number of amides is 3. The van der Waals surface area contributed by atoms with Crippen LogP contribution in [0.25, 0.3) is 10.9 Å². The Kier molecular flexibility index (Phi) is 6.55. The molecule has 2 aliphatic rings. The van der Waals surface area contributed by atoms with Crippen molar-refractivity contribution in [2.75, 3.05) is 17.2 Å². The molecule has 1 saturated heterocycles. The van der Waals surface area contributed by atoms with E-state index in [0.717, 1.165) is 16.5 Å². The second-order valence-electron chi connectivity index (χ2n) is 10.3. The highest BCUT2D eigenvalue weighted by atomic mass is 16.5. The van der Waals surface area contributed by atoms with E-state index in [9.17, 15) is 19.5 Å². The van der Waals surface area contributed by atoms with Gasteiger partial charge in [-0.3, -0.25) is 19.5 Å². The highest BCUT2D eigenvalue weighted by molar-refractivity contribution is 6.16. The third-order valence-corrected chi connectivity index (χ3v) is 7.59. The zero-order valence-corrected chi connectivity index (χ0v) is 21.6. The minimum Gasteiger partial charge on any atom is -0.488 e. The number of hydrogen-bond donors (Lipinski definition) is 3. The molecule has 3 N–H and O–H groups in total. The third-order valence-electron chi connectivity index (χ3n) is 7.59. The van der Waals surface area contributed by atoms with Gasteiger partial charge in [-0.25, -0.2) is 4.79 Å². The summed E-state index contributed by atoms with van der Waals surface area (Å²) in [5.74, 6) is -0.0792. The van der Waals surface area contributed by atoms with Gasteiger partial charge >= 0.3 is 6.09 Å². The van der Waals surface area contributed by atoms with Gasteiger partial charge in [0.15, 0.2) is 0 Å². The van der Waals surface area contributed by atoms with Gasteiger partial charge in [-0.15, -0.1) is 0 Å². The molecule has 0 bridgehead atoms. The molecule has 0 radical (unpaired) electrons. The Bertz CT molecular complexity index is 1570. The van der Waals surface area contributed by atoms with Gasteiger partial charge in [-0.05, 0) is 66.9 Å². The van der Waals surface area contributed by atoms with Gasteiger partial charge in [-0.2, -0.15) is 0 Å². The SMILES string of the molecule is O=C(O)N1CC(Oc2ccc(NC(=O)C3(C(=O)Nc4ccccc4)CC3)cc2)CC1c1ccc2cccnc2c1. The van der Waals surface area contributed by atoms with E-state index < -0.39 is 11.5 Å². The first kappa shape index (κ1) is 25.4. The number of rotatable bonds is 7. The van der Waals surface area contributed by atoms with E-state index in [2.05, 4.69) is 15.6 Å². The second-order valence-corrected chi connectivity index (χ2v) is 10.3. The van der Waals surface area contributed by atoms with Crippen LogP contribution in [0.5, 0.6) is 5.75 Å². The predicted molar refractivity (Wildman–Crippen MR) is 150 cm³/mol. The fourth-order valence-electron chi connectivity index (χ4n) is 5.22. The number of nitrogens with zero attached hydrogens (tertiary/aromatic N) is 2. The van der Waals surface area contributed by atoms with Crippen LogP contribution in [0.3, 0.4) is 0 Å². The van der Waals surface area contributed by atoms with Crippen LogP contribution >= 0.6 is 0 Å². The Hall–Kier alpha value is -4.92. The summed E-state index contributed by atoms with van der Waals surface area (Å²) in [5.41, 5.74) is 1.83. The van der Waals surface area contributed by atoms with Crippen molar-refractivity contribution in [2.24, 2.45) is 5.41 Å². The minimum absolute atomic E-state index is 0.234. The molecule has 9 heteroatoms. The van der Waals surface area contributed by atoms with Crippen LogP contribution < -0.4 is 15.4 Å².